The molecule has 0 aliphatic heterocycles. The lowest BCUT2D eigenvalue weighted by Crippen LogP contribution is -2.34. The van der Waals surface area contributed by atoms with Crippen LogP contribution in [-0.4, -0.2) is 5.54 Å². The first-order valence-electron chi connectivity index (χ1n) is 5.70. The molecule has 0 spiro atoms. The Balaban J connectivity index is 3.16. The molecule has 1 radical (unpaired) electrons. The number of hydrogen-bond donors (Lipinski definition) is 1. The highest BCUT2D eigenvalue weighted by Crippen LogP contribution is 2.16. The van der Waals surface area contributed by atoms with Gasteiger partial charge < -0.3 is 5.73 Å². The van der Waals surface area contributed by atoms with Crippen LogP contribution in [0.2, 0.25) is 0 Å². The molecule has 0 saturated heterocycles. The van der Waals surface area contributed by atoms with Crippen LogP contribution in [0.25, 0.3) is 0 Å². The fourth-order valence-corrected chi connectivity index (χ4v) is 1.43. The topological polar surface area (TPSA) is 26.0 Å². The molecule has 0 heterocycles. The molecule has 13 heavy (non-hydrogen) atoms. The predicted molar refractivity (Wildman–Crippen MR) is 60.6 cm³/mol. The van der Waals surface area contributed by atoms with Crippen LogP contribution >= 0.6 is 0 Å². The van der Waals surface area contributed by atoms with Crippen LogP contribution in [0.3, 0.4) is 0 Å². The third kappa shape index (κ3) is 8.29. The van der Waals surface area contributed by atoms with Gasteiger partial charge in [-0.25, -0.2) is 0 Å². The van der Waals surface area contributed by atoms with Gasteiger partial charge in [-0.15, -0.1) is 0 Å². The molecular formula is C12H26N. The first-order chi connectivity index (χ1) is 6.12. The van der Waals surface area contributed by atoms with Crippen molar-refractivity contribution in [2.45, 2.75) is 70.8 Å². The van der Waals surface area contributed by atoms with E-state index < -0.39 is 0 Å². The van der Waals surface area contributed by atoms with Crippen molar-refractivity contribution in [1.29, 1.82) is 0 Å². The minimum atomic E-state index is -0.0231. The molecule has 0 saturated carbocycles. The Bertz CT molecular complexity index is 108. The Kier molecular flexibility index (Phi) is 7.35. The van der Waals surface area contributed by atoms with E-state index in [9.17, 15) is 0 Å². The summed E-state index contributed by atoms with van der Waals surface area (Å²) in [5, 5.41) is 0. The van der Waals surface area contributed by atoms with E-state index in [1.165, 1.54) is 38.5 Å². The summed E-state index contributed by atoms with van der Waals surface area (Å²) in [6.45, 7) is 8.21. The molecule has 0 amide bonds. The minimum Gasteiger partial charge on any atom is -0.325 e. The molecule has 0 bridgehead atoms. The molecule has 1 heteroatoms. The Hall–Kier alpha value is -0.0400. The average molecular weight is 184 g/mol. The van der Waals surface area contributed by atoms with Gasteiger partial charge in [-0.2, -0.15) is 0 Å². The molecule has 0 aliphatic carbocycles. The Labute approximate surface area is 84.1 Å². The summed E-state index contributed by atoms with van der Waals surface area (Å²) in [5.74, 6) is 0. The molecular weight excluding hydrogens is 158 g/mol. The van der Waals surface area contributed by atoms with Gasteiger partial charge in [-0.05, 0) is 19.8 Å². The fraction of sp³-hybridized carbons (Fsp3) is 0.917. The molecule has 1 atom stereocenters. The summed E-state index contributed by atoms with van der Waals surface area (Å²) in [4.78, 5) is 0. The minimum absolute atomic E-state index is 0.0231. The summed E-state index contributed by atoms with van der Waals surface area (Å²) in [5.41, 5.74) is 5.97. The van der Waals surface area contributed by atoms with Gasteiger partial charge >= 0.3 is 0 Å². The highest BCUT2D eigenvalue weighted by molar-refractivity contribution is 4.78. The molecule has 79 valence electrons. The lowest BCUT2D eigenvalue weighted by molar-refractivity contribution is 0.409. The normalized spacial score (nSPS) is 15.7. The highest BCUT2D eigenvalue weighted by Gasteiger charge is 2.13. The average Bonchev–Trinajstić information content (AvgIpc) is 2.11. The van der Waals surface area contributed by atoms with Gasteiger partial charge in [0.25, 0.3) is 0 Å². The van der Waals surface area contributed by atoms with Crippen molar-refractivity contribution in [1.82, 2.24) is 0 Å². The summed E-state index contributed by atoms with van der Waals surface area (Å²) in [6, 6.07) is 0. The van der Waals surface area contributed by atoms with Crippen LogP contribution in [0.15, 0.2) is 0 Å². The van der Waals surface area contributed by atoms with Gasteiger partial charge in [0.2, 0.25) is 0 Å². The second-order valence-corrected chi connectivity index (χ2v) is 4.42. The maximum absolute atomic E-state index is 5.99. The first-order valence-corrected chi connectivity index (χ1v) is 5.70. The van der Waals surface area contributed by atoms with Crippen LogP contribution in [0.4, 0.5) is 0 Å². The van der Waals surface area contributed by atoms with Crippen LogP contribution in [0, 0.1) is 6.92 Å². The van der Waals surface area contributed by atoms with E-state index in [1.54, 1.807) is 0 Å². The van der Waals surface area contributed by atoms with Crippen LogP contribution < -0.4 is 5.73 Å². The van der Waals surface area contributed by atoms with Gasteiger partial charge in [-0.1, -0.05) is 52.4 Å². The predicted octanol–water partition coefficient (Wildman–Crippen LogP) is 3.68. The van der Waals surface area contributed by atoms with Crippen molar-refractivity contribution in [2.75, 3.05) is 0 Å². The summed E-state index contributed by atoms with van der Waals surface area (Å²) in [7, 11) is 0. The molecule has 2 N–H and O–H groups in total. The Morgan fingerprint density at radius 2 is 1.62 bits per heavy atom. The fourth-order valence-electron chi connectivity index (χ4n) is 1.43. The van der Waals surface area contributed by atoms with Crippen molar-refractivity contribution < 1.29 is 0 Å². The van der Waals surface area contributed by atoms with E-state index in [2.05, 4.69) is 20.8 Å². The molecule has 0 aromatic carbocycles. The SMILES string of the molecule is [CH2]CC(C)(N)CCCCCCCC. The molecule has 0 aliphatic rings. The lowest BCUT2D eigenvalue weighted by Gasteiger charge is -2.22. The summed E-state index contributed by atoms with van der Waals surface area (Å²) in [6.07, 6.45) is 10.1. The molecule has 0 aromatic heterocycles. The van der Waals surface area contributed by atoms with Crippen molar-refractivity contribution in [3.63, 3.8) is 0 Å². The Morgan fingerprint density at radius 3 is 2.15 bits per heavy atom. The largest absolute Gasteiger partial charge is 0.325 e. The highest BCUT2D eigenvalue weighted by atomic mass is 14.7. The second-order valence-electron chi connectivity index (χ2n) is 4.42. The van der Waals surface area contributed by atoms with Crippen molar-refractivity contribution in [3.8, 4) is 0 Å². The molecule has 1 nitrogen and oxygen atoms in total. The first kappa shape index (κ1) is 13.0. The number of nitrogens with two attached hydrogens (primary N) is 1. The van der Waals surface area contributed by atoms with E-state index in [0.717, 1.165) is 12.8 Å². The van der Waals surface area contributed by atoms with E-state index in [4.69, 9.17) is 5.73 Å². The lowest BCUT2D eigenvalue weighted by atomic mass is 9.92. The zero-order valence-electron chi connectivity index (χ0n) is 9.44. The van der Waals surface area contributed by atoms with Gasteiger partial charge in [0.05, 0.1) is 0 Å². The molecule has 1 unspecified atom stereocenters. The summed E-state index contributed by atoms with van der Waals surface area (Å²) >= 11 is 0. The van der Waals surface area contributed by atoms with E-state index >= 15 is 0 Å². The van der Waals surface area contributed by atoms with Crippen molar-refractivity contribution >= 4 is 0 Å². The molecule has 0 rings (SSSR count). The quantitative estimate of drug-likeness (QED) is 0.572. The monoisotopic (exact) mass is 184 g/mol. The van der Waals surface area contributed by atoms with Crippen molar-refractivity contribution in [2.24, 2.45) is 5.73 Å². The standard InChI is InChI=1S/C12H26N/c1-4-6-7-8-9-10-11-12(3,13)5-2/h2,4-11,13H2,1,3H3. The number of rotatable bonds is 8. The third-order valence-corrected chi connectivity index (χ3v) is 2.67. The maximum atomic E-state index is 5.99. The van der Waals surface area contributed by atoms with E-state index in [1.807, 2.05) is 0 Å². The smallest absolute Gasteiger partial charge is 0.0125 e. The zero-order chi connectivity index (χ0) is 10.2. The van der Waals surface area contributed by atoms with Gasteiger partial charge in [0.1, 0.15) is 0 Å². The van der Waals surface area contributed by atoms with Gasteiger partial charge in [0, 0.05) is 5.54 Å². The molecule has 0 aromatic rings. The van der Waals surface area contributed by atoms with Crippen molar-refractivity contribution in [3.05, 3.63) is 6.92 Å². The number of unbranched alkanes of at least 4 members (excludes halogenated alkanes) is 5. The zero-order valence-corrected chi connectivity index (χ0v) is 9.44. The summed E-state index contributed by atoms with van der Waals surface area (Å²) < 4.78 is 0. The van der Waals surface area contributed by atoms with E-state index in [-0.39, 0.29) is 5.54 Å². The third-order valence-electron chi connectivity index (χ3n) is 2.67. The van der Waals surface area contributed by atoms with Gasteiger partial charge in [-0.3, -0.25) is 0 Å². The van der Waals surface area contributed by atoms with Crippen LogP contribution in [0.5, 0.6) is 0 Å². The second kappa shape index (κ2) is 7.37. The maximum Gasteiger partial charge on any atom is 0.0125 e. The Morgan fingerprint density at radius 1 is 1.08 bits per heavy atom. The number of hydrogen-bond acceptors (Lipinski definition) is 1. The van der Waals surface area contributed by atoms with Gasteiger partial charge in [0.15, 0.2) is 0 Å². The van der Waals surface area contributed by atoms with Crippen LogP contribution in [-0.2, 0) is 0 Å². The van der Waals surface area contributed by atoms with E-state index in [0.29, 0.717) is 0 Å². The van der Waals surface area contributed by atoms with Crippen LogP contribution in [0.1, 0.15) is 65.2 Å². The molecule has 0 fully saturated rings.